The summed E-state index contributed by atoms with van der Waals surface area (Å²) in [7, 11) is -3.23. The van der Waals surface area contributed by atoms with Crippen molar-refractivity contribution in [3.05, 3.63) is 29.8 Å². The Morgan fingerprint density at radius 1 is 1.32 bits per heavy atom. The van der Waals surface area contributed by atoms with Crippen LogP contribution >= 0.6 is 0 Å². The molecule has 106 valence electrons. The molecule has 0 heterocycles. The molecule has 0 aliphatic heterocycles. The summed E-state index contributed by atoms with van der Waals surface area (Å²) in [5.74, 6) is -0.101. The molecule has 0 aliphatic rings. The van der Waals surface area contributed by atoms with E-state index in [0.29, 0.717) is 6.54 Å². The smallest absolute Gasteiger partial charge is 0.223 e. The average Bonchev–Trinajstić information content (AvgIpc) is 2.33. The van der Waals surface area contributed by atoms with Crippen molar-refractivity contribution in [3.63, 3.8) is 0 Å². The topological polar surface area (TPSA) is 66.5 Å². The summed E-state index contributed by atoms with van der Waals surface area (Å²) in [4.78, 5) is 13.3. The Hall–Kier alpha value is -1.40. The Bertz CT molecular complexity index is 541. The number of benzene rings is 1. The maximum Gasteiger partial charge on any atom is 0.223 e. The molecule has 0 saturated carbocycles. The fourth-order valence-corrected chi connectivity index (χ4v) is 2.33. The largest absolute Gasteiger partial charge is 0.311 e. The molecule has 0 saturated heterocycles. The van der Waals surface area contributed by atoms with Crippen LogP contribution in [0.25, 0.3) is 0 Å². The van der Waals surface area contributed by atoms with Crippen LogP contribution in [0.1, 0.15) is 19.4 Å². The quantitative estimate of drug-likeness (QED) is 0.852. The number of anilines is 1. The summed E-state index contributed by atoms with van der Waals surface area (Å²) >= 11 is 0. The maximum absolute atomic E-state index is 11.7. The van der Waals surface area contributed by atoms with Gasteiger partial charge in [-0.3, -0.25) is 4.79 Å². The molecule has 0 atom stereocenters. The molecule has 6 heteroatoms. The van der Waals surface area contributed by atoms with E-state index in [1.54, 1.807) is 4.90 Å². The van der Waals surface area contributed by atoms with Crippen molar-refractivity contribution in [1.29, 1.82) is 0 Å². The molecule has 0 radical (unpaired) electrons. The molecule has 0 bridgehead atoms. The van der Waals surface area contributed by atoms with E-state index in [-0.39, 0.29) is 12.5 Å². The number of amides is 1. The van der Waals surface area contributed by atoms with Crippen molar-refractivity contribution in [2.45, 2.75) is 20.3 Å². The van der Waals surface area contributed by atoms with Gasteiger partial charge in [0.1, 0.15) is 0 Å². The van der Waals surface area contributed by atoms with Gasteiger partial charge in [-0.25, -0.2) is 13.1 Å². The molecule has 0 unspecified atom stereocenters. The zero-order valence-corrected chi connectivity index (χ0v) is 12.3. The second-order valence-corrected chi connectivity index (χ2v) is 6.15. The lowest BCUT2D eigenvalue weighted by atomic mass is 10.1. The van der Waals surface area contributed by atoms with Crippen LogP contribution in [0.3, 0.4) is 0 Å². The van der Waals surface area contributed by atoms with Crippen molar-refractivity contribution < 1.29 is 13.2 Å². The molecule has 1 N–H and O–H groups in total. The van der Waals surface area contributed by atoms with E-state index in [2.05, 4.69) is 4.72 Å². The van der Waals surface area contributed by atoms with Crippen molar-refractivity contribution >= 4 is 21.6 Å². The minimum absolute atomic E-state index is 0.101. The summed E-state index contributed by atoms with van der Waals surface area (Å²) in [6, 6.07) is 7.64. The lowest BCUT2D eigenvalue weighted by Crippen LogP contribution is -2.37. The highest BCUT2D eigenvalue weighted by Gasteiger charge is 2.14. The number of rotatable bonds is 6. The van der Waals surface area contributed by atoms with Gasteiger partial charge in [0.05, 0.1) is 6.26 Å². The first-order chi connectivity index (χ1) is 8.85. The van der Waals surface area contributed by atoms with Crippen LogP contribution in [0.15, 0.2) is 24.3 Å². The van der Waals surface area contributed by atoms with Gasteiger partial charge in [0, 0.05) is 25.7 Å². The third kappa shape index (κ3) is 5.00. The zero-order chi connectivity index (χ0) is 14.5. The number of carbonyl (C=O) groups is 1. The Morgan fingerprint density at radius 2 is 1.95 bits per heavy atom. The monoisotopic (exact) mass is 284 g/mol. The predicted octanol–water partition coefficient (Wildman–Crippen LogP) is 1.15. The van der Waals surface area contributed by atoms with Crippen LogP contribution < -0.4 is 9.62 Å². The Labute approximate surface area is 114 Å². The average molecular weight is 284 g/mol. The lowest BCUT2D eigenvalue weighted by Gasteiger charge is -2.23. The van der Waals surface area contributed by atoms with E-state index in [4.69, 9.17) is 0 Å². The highest BCUT2D eigenvalue weighted by Crippen LogP contribution is 2.20. The van der Waals surface area contributed by atoms with Gasteiger partial charge in [0.2, 0.25) is 15.9 Å². The van der Waals surface area contributed by atoms with Gasteiger partial charge in [0.15, 0.2) is 0 Å². The van der Waals surface area contributed by atoms with E-state index in [1.165, 1.54) is 6.92 Å². The molecule has 5 nitrogen and oxygen atoms in total. The third-order valence-electron chi connectivity index (χ3n) is 2.74. The van der Waals surface area contributed by atoms with Gasteiger partial charge in [-0.15, -0.1) is 0 Å². The van der Waals surface area contributed by atoms with Crippen molar-refractivity contribution in [2.24, 2.45) is 0 Å². The number of nitrogens with zero attached hydrogens (tertiary/aromatic N) is 1. The number of para-hydroxylation sites is 1. The Balaban J connectivity index is 2.86. The molecule has 0 aliphatic carbocycles. The second-order valence-electron chi connectivity index (χ2n) is 4.32. The minimum Gasteiger partial charge on any atom is -0.311 e. The molecule has 0 fully saturated rings. The number of hydrogen-bond donors (Lipinski definition) is 1. The number of aryl methyl sites for hydroxylation is 1. The van der Waals surface area contributed by atoms with Crippen LogP contribution in [0.2, 0.25) is 0 Å². The van der Waals surface area contributed by atoms with Gasteiger partial charge >= 0.3 is 0 Å². The van der Waals surface area contributed by atoms with Crippen molar-refractivity contribution in [1.82, 2.24) is 4.72 Å². The number of sulfonamides is 1. The van der Waals surface area contributed by atoms with Crippen LogP contribution in [-0.2, 0) is 21.2 Å². The number of nitrogens with one attached hydrogen (secondary N) is 1. The molecular formula is C13H20N2O3S. The van der Waals surface area contributed by atoms with Crippen molar-refractivity contribution in [3.8, 4) is 0 Å². The molecular weight excluding hydrogens is 264 g/mol. The molecule has 19 heavy (non-hydrogen) atoms. The minimum atomic E-state index is -3.23. The van der Waals surface area contributed by atoms with Crippen LogP contribution in [0.5, 0.6) is 0 Å². The van der Waals surface area contributed by atoms with Crippen LogP contribution in [0.4, 0.5) is 5.69 Å². The normalized spacial score (nSPS) is 11.3. The first-order valence-corrected chi connectivity index (χ1v) is 8.05. The molecule has 0 aromatic heterocycles. The molecule has 1 aromatic carbocycles. The molecule has 1 amide bonds. The van der Waals surface area contributed by atoms with E-state index in [9.17, 15) is 13.2 Å². The molecule has 0 spiro atoms. The van der Waals surface area contributed by atoms with Gasteiger partial charge in [-0.05, 0) is 18.1 Å². The highest BCUT2D eigenvalue weighted by molar-refractivity contribution is 7.88. The first-order valence-electron chi connectivity index (χ1n) is 6.15. The van der Waals surface area contributed by atoms with Gasteiger partial charge in [-0.1, -0.05) is 25.1 Å². The summed E-state index contributed by atoms with van der Waals surface area (Å²) < 4.78 is 24.4. The highest BCUT2D eigenvalue weighted by atomic mass is 32.2. The van der Waals surface area contributed by atoms with E-state index in [0.717, 1.165) is 23.9 Å². The molecule has 1 rings (SSSR count). The number of carbonyl (C=O) groups excluding carboxylic acids is 1. The standard InChI is InChI=1S/C13H20N2O3S/c1-4-12-7-5-6-8-13(12)15(11(2)16)10-9-14-19(3,17)18/h5-8,14H,4,9-10H2,1-3H3. The summed E-state index contributed by atoms with van der Waals surface area (Å²) in [6.07, 6.45) is 1.92. The van der Waals surface area contributed by atoms with E-state index >= 15 is 0 Å². The maximum atomic E-state index is 11.7. The number of hydrogen-bond acceptors (Lipinski definition) is 3. The summed E-state index contributed by atoms with van der Waals surface area (Å²) in [5.41, 5.74) is 1.91. The fraction of sp³-hybridized carbons (Fsp3) is 0.462. The summed E-state index contributed by atoms with van der Waals surface area (Å²) in [6.45, 7) is 4.02. The first kappa shape index (κ1) is 15.7. The molecule has 1 aromatic rings. The van der Waals surface area contributed by atoms with Crippen LogP contribution in [-0.4, -0.2) is 33.7 Å². The second kappa shape index (κ2) is 6.68. The zero-order valence-electron chi connectivity index (χ0n) is 11.5. The van der Waals surface area contributed by atoms with Crippen LogP contribution in [0, 0.1) is 0 Å². The van der Waals surface area contributed by atoms with E-state index in [1.807, 2.05) is 31.2 Å². The van der Waals surface area contributed by atoms with E-state index < -0.39 is 10.0 Å². The van der Waals surface area contributed by atoms with Gasteiger partial charge < -0.3 is 4.90 Å². The summed E-state index contributed by atoms with van der Waals surface area (Å²) in [5, 5.41) is 0. The van der Waals surface area contributed by atoms with Gasteiger partial charge in [-0.2, -0.15) is 0 Å². The lowest BCUT2D eigenvalue weighted by molar-refractivity contribution is -0.116. The SMILES string of the molecule is CCc1ccccc1N(CCNS(C)(=O)=O)C(C)=O. The van der Waals surface area contributed by atoms with Crippen molar-refractivity contribution in [2.75, 3.05) is 24.2 Å². The van der Waals surface area contributed by atoms with Gasteiger partial charge in [0.25, 0.3) is 0 Å². The Morgan fingerprint density at radius 3 is 2.47 bits per heavy atom. The Kier molecular flexibility index (Phi) is 5.50. The third-order valence-corrected chi connectivity index (χ3v) is 3.47. The predicted molar refractivity (Wildman–Crippen MR) is 76.7 cm³/mol. The fourth-order valence-electron chi connectivity index (χ4n) is 1.86.